The number of methoxy groups -OCH3 is 1. The minimum Gasteiger partial charge on any atom is -0.370 e. The Morgan fingerprint density at radius 3 is 2.31 bits per heavy atom. The average Bonchev–Trinajstić information content (AvgIpc) is 3.06. The van der Waals surface area contributed by atoms with Crippen LogP contribution >= 0.6 is 0 Å². The maximum Gasteiger partial charge on any atom is 0.471 e. The van der Waals surface area contributed by atoms with Gasteiger partial charge in [0, 0.05) is 19.2 Å². The van der Waals surface area contributed by atoms with Crippen LogP contribution in [0.25, 0.3) is 11.4 Å². The van der Waals surface area contributed by atoms with Crippen molar-refractivity contribution in [2.75, 3.05) is 13.7 Å². The van der Waals surface area contributed by atoms with Gasteiger partial charge in [0.1, 0.15) is 0 Å². The number of alkyl halides is 5. The van der Waals surface area contributed by atoms with Crippen LogP contribution in [-0.4, -0.2) is 35.6 Å². The first-order valence-electron chi connectivity index (χ1n) is 7.31. The van der Waals surface area contributed by atoms with Crippen LogP contribution in [0.3, 0.4) is 0 Å². The van der Waals surface area contributed by atoms with Gasteiger partial charge in [0.25, 0.3) is 5.91 Å². The van der Waals surface area contributed by atoms with E-state index >= 15 is 0 Å². The predicted octanol–water partition coefficient (Wildman–Crippen LogP) is 3.21. The molecule has 0 fully saturated rings. The first kappa shape index (κ1) is 19.8. The number of carbonyl (C=O) groups excluding carboxylic acids is 1. The summed E-state index contributed by atoms with van der Waals surface area (Å²) in [6.07, 6.45) is -6.67. The summed E-state index contributed by atoms with van der Waals surface area (Å²) in [5.41, 5.74) is 0.0659. The monoisotopic (exact) mass is 379 g/mol. The van der Waals surface area contributed by atoms with Gasteiger partial charge in [0.05, 0.1) is 0 Å². The van der Waals surface area contributed by atoms with Crippen molar-refractivity contribution in [3.05, 3.63) is 35.7 Å². The number of hydrogen-bond donors (Lipinski definition) is 1. The predicted molar refractivity (Wildman–Crippen MR) is 78.1 cm³/mol. The van der Waals surface area contributed by atoms with Crippen molar-refractivity contribution < 1.29 is 36.0 Å². The Kier molecular flexibility index (Phi) is 5.59. The topological polar surface area (TPSA) is 77.2 Å². The summed E-state index contributed by atoms with van der Waals surface area (Å²) >= 11 is 0. The third-order valence-corrected chi connectivity index (χ3v) is 3.35. The molecule has 0 radical (unpaired) electrons. The molecule has 6 nitrogen and oxygen atoms in total. The van der Waals surface area contributed by atoms with Crippen LogP contribution in [0.15, 0.2) is 28.8 Å². The van der Waals surface area contributed by atoms with E-state index in [0.29, 0.717) is 0 Å². The molecule has 1 aromatic heterocycles. The normalized spacial score (nSPS) is 13.5. The molecule has 0 aliphatic rings. The zero-order valence-corrected chi connectivity index (χ0v) is 13.6. The molecule has 0 bridgehead atoms. The van der Waals surface area contributed by atoms with Crippen LogP contribution in [0.2, 0.25) is 0 Å². The fourth-order valence-corrected chi connectivity index (χ4v) is 2.15. The molecule has 0 aliphatic carbocycles. The highest BCUT2D eigenvalue weighted by Gasteiger charge is 2.48. The molecule has 1 heterocycles. The summed E-state index contributed by atoms with van der Waals surface area (Å²) in [4.78, 5) is 14.7. The lowest BCUT2D eigenvalue weighted by atomic mass is 10.0. The van der Waals surface area contributed by atoms with E-state index in [1.807, 2.05) is 5.32 Å². The summed E-state index contributed by atoms with van der Waals surface area (Å²) in [7, 11) is 1.01. The van der Waals surface area contributed by atoms with Gasteiger partial charge in [-0.25, -0.2) is 0 Å². The third-order valence-electron chi connectivity index (χ3n) is 3.35. The number of amides is 1. The van der Waals surface area contributed by atoms with Crippen molar-refractivity contribution in [1.29, 1.82) is 0 Å². The minimum atomic E-state index is -4.79. The Morgan fingerprint density at radius 2 is 1.85 bits per heavy atom. The Bertz CT molecular complexity index is 759. The molecule has 1 atom stereocenters. The van der Waals surface area contributed by atoms with Crippen LogP contribution in [0, 0.1) is 0 Å². The number of rotatable bonds is 6. The molecule has 1 aromatic carbocycles. The number of ether oxygens (including phenoxy) is 1. The van der Waals surface area contributed by atoms with E-state index < -0.39 is 30.0 Å². The molecule has 142 valence electrons. The summed E-state index contributed by atoms with van der Waals surface area (Å²) in [5.74, 6) is -7.21. The van der Waals surface area contributed by atoms with Gasteiger partial charge in [-0.15, -0.1) is 0 Å². The number of halogens is 5. The Morgan fingerprint density at radius 1 is 1.23 bits per heavy atom. The number of nitrogens with zero attached hydrogens (tertiary/aromatic N) is 2. The number of benzene rings is 1. The molecule has 1 amide bonds. The highest BCUT2D eigenvalue weighted by atomic mass is 19.4. The fraction of sp³-hybridized carbons (Fsp3) is 0.400. The lowest BCUT2D eigenvalue weighted by Gasteiger charge is -2.25. The average molecular weight is 379 g/mol. The van der Waals surface area contributed by atoms with Crippen molar-refractivity contribution in [3.8, 4) is 11.4 Å². The molecule has 1 unspecified atom stereocenters. The molecule has 2 rings (SSSR count). The molecule has 1 N–H and O–H groups in total. The van der Waals surface area contributed by atoms with Gasteiger partial charge in [-0.1, -0.05) is 29.4 Å². The number of nitrogens with one attached hydrogen (secondary N) is 1. The highest BCUT2D eigenvalue weighted by molar-refractivity contribution is 5.84. The molecule has 0 saturated heterocycles. The van der Waals surface area contributed by atoms with Crippen LogP contribution in [0.5, 0.6) is 0 Å². The largest absolute Gasteiger partial charge is 0.471 e. The minimum absolute atomic E-state index is 0.0170. The molecular weight excluding hydrogens is 365 g/mol. The van der Waals surface area contributed by atoms with E-state index in [9.17, 15) is 26.7 Å². The van der Waals surface area contributed by atoms with Gasteiger partial charge in [-0.2, -0.15) is 26.9 Å². The molecule has 0 aliphatic heterocycles. The number of aromatic nitrogens is 2. The van der Waals surface area contributed by atoms with Crippen molar-refractivity contribution in [3.63, 3.8) is 0 Å². The molecule has 2 aromatic rings. The Balaban J connectivity index is 2.27. The van der Waals surface area contributed by atoms with Gasteiger partial charge >= 0.3 is 18.0 Å². The number of carbonyl (C=O) groups is 1. The Hall–Kier alpha value is -2.56. The first-order chi connectivity index (χ1) is 12.1. The van der Waals surface area contributed by atoms with Crippen molar-refractivity contribution >= 4 is 5.91 Å². The lowest BCUT2D eigenvalue weighted by molar-refractivity contribution is -0.168. The van der Waals surface area contributed by atoms with Gasteiger partial charge in [-0.05, 0) is 12.5 Å². The second kappa shape index (κ2) is 7.36. The molecule has 11 heteroatoms. The fourth-order valence-electron chi connectivity index (χ4n) is 2.15. The Labute approximate surface area is 144 Å². The van der Waals surface area contributed by atoms with Crippen molar-refractivity contribution in [2.45, 2.75) is 25.1 Å². The summed E-state index contributed by atoms with van der Waals surface area (Å²) in [6.45, 7) is 1.51. The molecule has 26 heavy (non-hydrogen) atoms. The van der Waals surface area contributed by atoms with Crippen LogP contribution in [-0.2, 0) is 15.7 Å². The van der Waals surface area contributed by atoms with E-state index in [2.05, 4.69) is 14.7 Å². The van der Waals surface area contributed by atoms with Gasteiger partial charge in [-0.3, -0.25) is 4.79 Å². The molecular formula is C15H14F5N3O3. The second-order valence-corrected chi connectivity index (χ2v) is 5.14. The second-order valence-electron chi connectivity index (χ2n) is 5.14. The smallest absolute Gasteiger partial charge is 0.370 e. The van der Waals surface area contributed by atoms with Crippen LogP contribution in [0.4, 0.5) is 22.0 Å². The van der Waals surface area contributed by atoms with Gasteiger partial charge in [0.15, 0.2) is 6.10 Å². The lowest BCUT2D eigenvalue weighted by Crippen LogP contribution is -2.44. The van der Waals surface area contributed by atoms with Gasteiger partial charge < -0.3 is 14.6 Å². The summed E-state index contributed by atoms with van der Waals surface area (Å²) in [6, 6.07) is 4.81. The van der Waals surface area contributed by atoms with Crippen molar-refractivity contribution in [1.82, 2.24) is 15.5 Å². The van der Waals surface area contributed by atoms with Gasteiger partial charge in [0.2, 0.25) is 5.82 Å². The van der Waals surface area contributed by atoms with E-state index in [1.165, 1.54) is 31.2 Å². The standard InChI is InChI=1S/C15H14F5N3O3/c1-3-21-12(24)14(16,17)10(25-2)8-4-6-9(7-5-8)11-22-13(26-23-11)15(18,19)20/h4-7,10H,3H2,1-2H3,(H,21,24). The molecule has 0 saturated carbocycles. The maximum atomic E-state index is 14.2. The number of hydrogen-bond acceptors (Lipinski definition) is 5. The van der Waals surface area contributed by atoms with Crippen molar-refractivity contribution in [2.24, 2.45) is 0 Å². The summed E-state index contributed by atoms with van der Waals surface area (Å²) < 4.78 is 74.7. The van der Waals surface area contributed by atoms with E-state index in [1.54, 1.807) is 0 Å². The van der Waals surface area contributed by atoms with Crippen LogP contribution < -0.4 is 5.32 Å². The maximum absolute atomic E-state index is 14.2. The zero-order chi connectivity index (χ0) is 19.5. The quantitative estimate of drug-likeness (QED) is 0.780. The molecule has 0 spiro atoms. The SMILES string of the molecule is CCNC(=O)C(F)(F)C(OC)c1ccc(-c2noc(C(F)(F)F)n2)cc1. The highest BCUT2D eigenvalue weighted by Crippen LogP contribution is 2.35. The van der Waals surface area contributed by atoms with E-state index in [-0.39, 0.29) is 23.5 Å². The first-order valence-corrected chi connectivity index (χ1v) is 7.31. The summed E-state index contributed by atoms with van der Waals surface area (Å²) in [5, 5.41) is 5.22. The van der Waals surface area contributed by atoms with E-state index in [4.69, 9.17) is 4.74 Å². The third kappa shape index (κ3) is 3.98. The zero-order valence-electron chi connectivity index (χ0n) is 13.6. The van der Waals surface area contributed by atoms with E-state index in [0.717, 1.165) is 7.11 Å². The van der Waals surface area contributed by atoms with Crippen LogP contribution in [0.1, 0.15) is 24.5 Å².